The zero-order valence-electron chi connectivity index (χ0n) is 7.32. The largest absolute Gasteiger partial charge is 0.373 e. The SMILES string of the molecule is Br[C@H]1CCO[C@@H](c2cccnc2)C1. The average molecular weight is 242 g/mol. The maximum Gasteiger partial charge on any atom is 0.0850 e. The lowest BCUT2D eigenvalue weighted by Gasteiger charge is -2.26. The topological polar surface area (TPSA) is 22.1 Å². The zero-order chi connectivity index (χ0) is 9.10. The van der Waals surface area contributed by atoms with E-state index in [4.69, 9.17) is 4.74 Å². The summed E-state index contributed by atoms with van der Waals surface area (Å²) in [5, 5.41) is 0. The van der Waals surface area contributed by atoms with Gasteiger partial charge in [-0.2, -0.15) is 0 Å². The monoisotopic (exact) mass is 241 g/mol. The average Bonchev–Trinajstić information content (AvgIpc) is 2.19. The molecule has 0 amide bonds. The van der Waals surface area contributed by atoms with Crippen LogP contribution in [0.3, 0.4) is 0 Å². The minimum atomic E-state index is 0.229. The van der Waals surface area contributed by atoms with Gasteiger partial charge in [-0.1, -0.05) is 22.0 Å². The first-order valence-corrected chi connectivity index (χ1v) is 5.43. The molecule has 2 nitrogen and oxygen atoms in total. The number of pyridine rings is 1. The van der Waals surface area contributed by atoms with E-state index in [2.05, 4.69) is 27.0 Å². The summed E-state index contributed by atoms with van der Waals surface area (Å²) in [5.41, 5.74) is 1.19. The molecule has 70 valence electrons. The maximum absolute atomic E-state index is 5.66. The number of alkyl halides is 1. The Morgan fingerprint density at radius 1 is 1.54 bits per heavy atom. The lowest BCUT2D eigenvalue weighted by molar-refractivity contribution is 0.0185. The molecule has 0 saturated carbocycles. The van der Waals surface area contributed by atoms with Gasteiger partial charge < -0.3 is 4.74 Å². The summed E-state index contributed by atoms with van der Waals surface area (Å²) in [6.45, 7) is 0.843. The Kier molecular flexibility index (Phi) is 2.96. The molecule has 2 rings (SSSR count). The second kappa shape index (κ2) is 4.20. The number of aromatic nitrogens is 1. The quantitative estimate of drug-likeness (QED) is 0.706. The van der Waals surface area contributed by atoms with E-state index in [0.29, 0.717) is 4.83 Å². The lowest BCUT2D eigenvalue weighted by Crippen LogP contribution is -2.19. The molecule has 0 N–H and O–H groups in total. The molecule has 1 saturated heterocycles. The summed E-state index contributed by atoms with van der Waals surface area (Å²) >= 11 is 3.63. The first-order valence-electron chi connectivity index (χ1n) is 4.52. The second-order valence-corrected chi connectivity index (χ2v) is 4.56. The van der Waals surface area contributed by atoms with E-state index in [0.717, 1.165) is 19.4 Å². The van der Waals surface area contributed by atoms with Crippen molar-refractivity contribution in [1.29, 1.82) is 0 Å². The third-order valence-electron chi connectivity index (χ3n) is 2.28. The van der Waals surface area contributed by atoms with E-state index in [9.17, 15) is 0 Å². The fraction of sp³-hybridized carbons (Fsp3) is 0.500. The Morgan fingerprint density at radius 2 is 2.46 bits per heavy atom. The van der Waals surface area contributed by atoms with Crippen LogP contribution in [0.15, 0.2) is 24.5 Å². The van der Waals surface area contributed by atoms with Crippen LogP contribution in [0, 0.1) is 0 Å². The molecule has 13 heavy (non-hydrogen) atoms. The number of ether oxygens (including phenoxy) is 1. The Labute approximate surface area is 86.5 Å². The normalized spacial score (nSPS) is 28.7. The molecule has 1 aliphatic heterocycles. The third kappa shape index (κ3) is 2.29. The van der Waals surface area contributed by atoms with Crippen LogP contribution < -0.4 is 0 Å². The maximum atomic E-state index is 5.66. The third-order valence-corrected chi connectivity index (χ3v) is 3.11. The van der Waals surface area contributed by atoms with Crippen molar-refractivity contribution in [3.05, 3.63) is 30.1 Å². The van der Waals surface area contributed by atoms with Gasteiger partial charge in [0.15, 0.2) is 0 Å². The van der Waals surface area contributed by atoms with Gasteiger partial charge in [0, 0.05) is 23.8 Å². The predicted molar refractivity (Wildman–Crippen MR) is 54.9 cm³/mol. The first-order chi connectivity index (χ1) is 6.36. The molecule has 1 fully saturated rings. The van der Waals surface area contributed by atoms with E-state index in [-0.39, 0.29) is 6.10 Å². The van der Waals surface area contributed by atoms with Crippen molar-refractivity contribution >= 4 is 15.9 Å². The molecule has 1 aromatic heterocycles. The van der Waals surface area contributed by atoms with E-state index < -0.39 is 0 Å². The highest BCUT2D eigenvalue weighted by molar-refractivity contribution is 9.09. The summed E-state index contributed by atoms with van der Waals surface area (Å²) in [4.78, 5) is 4.68. The Bertz CT molecular complexity index is 265. The van der Waals surface area contributed by atoms with Crippen molar-refractivity contribution in [3.63, 3.8) is 0 Å². The van der Waals surface area contributed by atoms with Gasteiger partial charge in [-0.3, -0.25) is 4.98 Å². The highest BCUT2D eigenvalue weighted by atomic mass is 79.9. The summed E-state index contributed by atoms with van der Waals surface area (Å²) in [7, 11) is 0. The van der Waals surface area contributed by atoms with Crippen LogP contribution in [0.5, 0.6) is 0 Å². The van der Waals surface area contributed by atoms with Crippen LogP contribution >= 0.6 is 15.9 Å². The molecule has 0 radical (unpaired) electrons. The highest BCUT2D eigenvalue weighted by Gasteiger charge is 2.21. The smallest absolute Gasteiger partial charge is 0.0850 e. The van der Waals surface area contributed by atoms with Crippen molar-refractivity contribution in [3.8, 4) is 0 Å². The van der Waals surface area contributed by atoms with Crippen LogP contribution in [0.4, 0.5) is 0 Å². The van der Waals surface area contributed by atoms with Crippen molar-refractivity contribution in [2.45, 2.75) is 23.8 Å². The molecule has 2 heterocycles. The predicted octanol–water partition coefficient (Wildman–Crippen LogP) is 2.70. The highest BCUT2D eigenvalue weighted by Crippen LogP contribution is 2.30. The standard InChI is InChI=1S/C10H12BrNO/c11-9-3-5-13-10(6-9)8-2-1-4-12-7-8/h1-2,4,7,9-10H,3,5-6H2/t9-,10+/m0/s1. The van der Waals surface area contributed by atoms with Gasteiger partial charge in [-0.05, 0) is 24.5 Å². The molecule has 0 bridgehead atoms. The minimum Gasteiger partial charge on any atom is -0.373 e. The van der Waals surface area contributed by atoms with Crippen molar-refractivity contribution < 1.29 is 4.74 Å². The first kappa shape index (κ1) is 9.16. The summed E-state index contributed by atoms with van der Waals surface area (Å²) in [6, 6.07) is 4.03. The number of rotatable bonds is 1. The van der Waals surface area contributed by atoms with E-state index in [1.54, 1.807) is 6.20 Å². The molecular weight excluding hydrogens is 230 g/mol. The Hall–Kier alpha value is -0.410. The molecule has 1 aliphatic rings. The van der Waals surface area contributed by atoms with Gasteiger partial charge in [-0.25, -0.2) is 0 Å². The van der Waals surface area contributed by atoms with Gasteiger partial charge in [0.25, 0.3) is 0 Å². The molecule has 0 unspecified atom stereocenters. The summed E-state index contributed by atoms with van der Waals surface area (Å²) in [6.07, 6.45) is 6.06. The Balaban J connectivity index is 2.08. The van der Waals surface area contributed by atoms with Crippen LogP contribution in [-0.2, 0) is 4.74 Å². The molecule has 0 aliphatic carbocycles. The zero-order valence-corrected chi connectivity index (χ0v) is 8.90. The van der Waals surface area contributed by atoms with Crippen LogP contribution in [-0.4, -0.2) is 16.4 Å². The molecule has 0 spiro atoms. The van der Waals surface area contributed by atoms with E-state index in [1.165, 1.54) is 5.56 Å². The van der Waals surface area contributed by atoms with Gasteiger partial charge in [0.2, 0.25) is 0 Å². The lowest BCUT2D eigenvalue weighted by atomic mass is 10.0. The molecular formula is C10H12BrNO. The number of hydrogen-bond donors (Lipinski definition) is 0. The van der Waals surface area contributed by atoms with Gasteiger partial charge in [0.1, 0.15) is 0 Å². The number of hydrogen-bond acceptors (Lipinski definition) is 2. The molecule has 0 aromatic carbocycles. The minimum absolute atomic E-state index is 0.229. The molecule has 3 heteroatoms. The summed E-state index contributed by atoms with van der Waals surface area (Å²) in [5.74, 6) is 0. The summed E-state index contributed by atoms with van der Waals surface area (Å²) < 4.78 is 5.66. The fourth-order valence-electron chi connectivity index (χ4n) is 1.56. The van der Waals surface area contributed by atoms with Crippen molar-refractivity contribution in [1.82, 2.24) is 4.98 Å². The number of halogens is 1. The van der Waals surface area contributed by atoms with E-state index >= 15 is 0 Å². The van der Waals surface area contributed by atoms with Crippen LogP contribution in [0.25, 0.3) is 0 Å². The fourth-order valence-corrected chi connectivity index (χ4v) is 2.08. The second-order valence-electron chi connectivity index (χ2n) is 3.27. The van der Waals surface area contributed by atoms with Crippen molar-refractivity contribution in [2.75, 3.05) is 6.61 Å². The van der Waals surface area contributed by atoms with Gasteiger partial charge >= 0.3 is 0 Å². The molecule has 2 atom stereocenters. The van der Waals surface area contributed by atoms with E-state index in [1.807, 2.05) is 12.3 Å². The van der Waals surface area contributed by atoms with Crippen molar-refractivity contribution in [2.24, 2.45) is 0 Å². The van der Waals surface area contributed by atoms with Gasteiger partial charge in [-0.15, -0.1) is 0 Å². The van der Waals surface area contributed by atoms with Crippen LogP contribution in [0.1, 0.15) is 24.5 Å². The van der Waals surface area contributed by atoms with Crippen LogP contribution in [0.2, 0.25) is 0 Å². The van der Waals surface area contributed by atoms with Gasteiger partial charge in [0.05, 0.1) is 6.10 Å². The Morgan fingerprint density at radius 3 is 3.15 bits per heavy atom. The number of nitrogens with zero attached hydrogens (tertiary/aromatic N) is 1. The molecule has 1 aromatic rings.